The van der Waals surface area contributed by atoms with E-state index in [0.717, 1.165) is 12.2 Å². The molecule has 0 radical (unpaired) electrons. The summed E-state index contributed by atoms with van der Waals surface area (Å²) < 4.78 is 5.90. The third kappa shape index (κ3) is 4.23. The Balaban J connectivity index is 1.63. The molecule has 2 aromatic carbocycles. The summed E-state index contributed by atoms with van der Waals surface area (Å²) >= 11 is 0. The van der Waals surface area contributed by atoms with Crippen molar-refractivity contribution in [2.24, 2.45) is 0 Å². The second-order valence-electron chi connectivity index (χ2n) is 5.98. The second-order valence-corrected chi connectivity index (χ2v) is 5.98. The third-order valence-corrected chi connectivity index (χ3v) is 4.01. The summed E-state index contributed by atoms with van der Waals surface area (Å²) in [5, 5.41) is 0. The molecule has 0 aromatic heterocycles. The van der Waals surface area contributed by atoms with Crippen LogP contribution in [0, 0.1) is 6.92 Å². The Morgan fingerprint density at radius 2 is 1.43 bits per heavy atom. The quantitative estimate of drug-likeness (QED) is 0.676. The number of benzene rings is 2. The van der Waals surface area contributed by atoms with Gasteiger partial charge in [0, 0.05) is 0 Å². The van der Waals surface area contributed by atoms with Crippen molar-refractivity contribution in [1.29, 1.82) is 0 Å². The van der Waals surface area contributed by atoms with Crippen LogP contribution in [-0.2, 0) is 11.3 Å². The molecule has 0 atom stereocenters. The number of ether oxygens (including phenoxy) is 1. The minimum atomic E-state index is 0.601. The van der Waals surface area contributed by atoms with Gasteiger partial charge in [0.05, 0.1) is 0 Å². The van der Waals surface area contributed by atoms with Gasteiger partial charge in [0.15, 0.2) is 0 Å². The number of hydrogen-bond donors (Lipinski definition) is 0. The van der Waals surface area contributed by atoms with Crippen molar-refractivity contribution in [3.05, 3.63) is 95.3 Å². The lowest BCUT2D eigenvalue weighted by Gasteiger charge is -2.08. The maximum Gasteiger partial charge on any atom is 0.116 e. The third-order valence-electron chi connectivity index (χ3n) is 4.01. The predicted octanol–water partition coefficient (Wildman–Crippen LogP) is 5.97. The molecule has 0 bridgehead atoms. The summed E-state index contributed by atoms with van der Waals surface area (Å²) in [7, 11) is 0. The van der Waals surface area contributed by atoms with Crippen LogP contribution in [0.4, 0.5) is 0 Å². The van der Waals surface area contributed by atoms with Gasteiger partial charge >= 0.3 is 0 Å². The van der Waals surface area contributed by atoms with E-state index in [-0.39, 0.29) is 0 Å². The molecule has 2 aromatic rings. The summed E-state index contributed by atoms with van der Waals surface area (Å²) in [6.45, 7) is 4.82. The first-order valence-electron chi connectivity index (χ1n) is 8.04. The fourth-order valence-electron chi connectivity index (χ4n) is 2.52. The average molecular weight is 302 g/mol. The summed E-state index contributed by atoms with van der Waals surface area (Å²) in [6, 6.07) is 17.2. The molecule has 116 valence electrons. The van der Waals surface area contributed by atoms with E-state index in [0.29, 0.717) is 6.61 Å². The van der Waals surface area contributed by atoms with Gasteiger partial charge in [-0.1, -0.05) is 71.8 Å². The van der Waals surface area contributed by atoms with E-state index in [1.165, 1.54) is 27.8 Å². The van der Waals surface area contributed by atoms with E-state index in [1.54, 1.807) is 0 Å². The molecular weight excluding hydrogens is 280 g/mol. The smallest absolute Gasteiger partial charge is 0.116 e. The number of aryl methyl sites for hydroxylation is 1. The summed E-state index contributed by atoms with van der Waals surface area (Å²) in [4.78, 5) is 0. The van der Waals surface area contributed by atoms with Crippen molar-refractivity contribution in [3.8, 4) is 11.1 Å². The van der Waals surface area contributed by atoms with Crippen molar-refractivity contribution >= 4 is 0 Å². The van der Waals surface area contributed by atoms with Gasteiger partial charge in [-0.25, -0.2) is 0 Å². The molecular formula is C22H22O. The van der Waals surface area contributed by atoms with Crippen LogP contribution < -0.4 is 0 Å². The molecule has 0 N–H and O–H groups in total. The normalized spacial score (nSPS) is 14.0. The van der Waals surface area contributed by atoms with Crippen LogP contribution in [0.25, 0.3) is 11.1 Å². The predicted molar refractivity (Wildman–Crippen MR) is 97.0 cm³/mol. The van der Waals surface area contributed by atoms with Gasteiger partial charge in [0.1, 0.15) is 12.4 Å². The minimum Gasteiger partial charge on any atom is -0.489 e. The van der Waals surface area contributed by atoms with E-state index in [9.17, 15) is 0 Å². The Hall–Kier alpha value is -2.54. The van der Waals surface area contributed by atoms with Crippen LogP contribution >= 0.6 is 0 Å². The monoisotopic (exact) mass is 302 g/mol. The van der Waals surface area contributed by atoms with Crippen LogP contribution in [0.3, 0.4) is 0 Å². The van der Waals surface area contributed by atoms with Gasteiger partial charge < -0.3 is 4.74 Å². The van der Waals surface area contributed by atoms with E-state index in [4.69, 9.17) is 4.74 Å². The van der Waals surface area contributed by atoms with E-state index in [2.05, 4.69) is 80.6 Å². The molecule has 0 saturated heterocycles. The molecule has 0 unspecified atom stereocenters. The summed E-state index contributed by atoms with van der Waals surface area (Å²) in [5.74, 6) is 0.945. The highest BCUT2D eigenvalue weighted by Crippen LogP contribution is 2.21. The first kappa shape index (κ1) is 15.4. The van der Waals surface area contributed by atoms with Crippen molar-refractivity contribution in [1.82, 2.24) is 0 Å². The molecule has 0 saturated carbocycles. The lowest BCUT2D eigenvalue weighted by atomic mass is 10.0. The molecule has 0 spiro atoms. The lowest BCUT2D eigenvalue weighted by molar-refractivity contribution is 0.210. The lowest BCUT2D eigenvalue weighted by Crippen LogP contribution is -1.92. The summed E-state index contributed by atoms with van der Waals surface area (Å²) in [5.41, 5.74) is 6.24. The first-order chi connectivity index (χ1) is 11.2. The second kappa shape index (κ2) is 7.15. The van der Waals surface area contributed by atoms with Gasteiger partial charge in [-0.15, -0.1) is 0 Å². The van der Waals surface area contributed by atoms with E-state index < -0.39 is 0 Å². The molecule has 1 aliphatic carbocycles. The maximum absolute atomic E-state index is 5.90. The molecule has 0 aliphatic heterocycles. The highest BCUT2D eigenvalue weighted by Gasteiger charge is 2.01. The number of allylic oxidation sites excluding steroid dienone is 5. The maximum atomic E-state index is 5.90. The summed E-state index contributed by atoms with van der Waals surface area (Å²) in [6.07, 6.45) is 9.39. The fourth-order valence-corrected chi connectivity index (χ4v) is 2.52. The minimum absolute atomic E-state index is 0.601. The standard InChI is InChI=1S/C22H22O/c1-17-4-3-5-22(15-8-17)23-16-19-9-13-21(14-10-19)20-11-6-18(2)7-12-20/h4-15H,3,16H2,1-2H3. The Bertz CT molecular complexity index is 744. The molecule has 1 nitrogen and oxygen atoms in total. The largest absolute Gasteiger partial charge is 0.489 e. The zero-order valence-corrected chi connectivity index (χ0v) is 13.8. The fraction of sp³-hybridized carbons (Fsp3) is 0.182. The van der Waals surface area contributed by atoms with Crippen LogP contribution in [0.15, 0.2) is 84.2 Å². The first-order valence-corrected chi connectivity index (χ1v) is 8.04. The van der Waals surface area contributed by atoms with Crippen molar-refractivity contribution in [3.63, 3.8) is 0 Å². The Morgan fingerprint density at radius 1 is 0.783 bits per heavy atom. The van der Waals surface area contributed by atoms with Crippen LogP contribution in [-0.4, -0.2) is 0 Å². The van der Waals surface area contributed by atoms with Gasteiger partial charge in [-0.05, 0) is 49.1 Å². The van der Waals surface area contributed by atoms with Crippen LogP contribution in [0.5, 0.6) is 0 Å². The highest BCUT2D eigenvalue weighted by atomic mass is 16.5. The number of rotatable bonds is 4. The van der Waals surface area contributed by atoms with Gasteiger partial charge in [-0.2, -0.15) is 0 Å². The molecule has 1 aliphatic rings. The van der Waals surface area contributed by atoms with Crippen molar-refractivity contribution in [2.75, 3.05) is 0 Å². The molecule has 3 rings (SSSR count). The zero-order valence-electron chi connectivity index (χ0n) is 13.8. The van der Waals surface area contributed by atoms with Crippen LogP contribution in [0.1, 0.15) is 24.5 Å². The molecule has 0 fully saturated rings. The number of hydrogen-bond acceptors (Lipinski definition) is 1. The molecule has 0 heterocycles. The van der Waals surface area contributed by atoms with Crippen molar-refractivity contribution in [2.45, 2.75) is 26.9 Å². The molecule has 0 amide bonds. The van der Waals surface area contributed by atoms with Gasteiger partial charge in [0.2, 0.25) is 0 Å². The topological polar surface area (TPSA) is 9.23 Å². The van der Waals surface area contributed by atoms with E-state index >= 15 is 0 Å². The Labute approximate surface area is 138 Å². The molecule has 23 heavy (non-hydrogen) atoms. The van der Waals surface area contributed by atoms with E-state index in [1.807, 2.05) is 6.08 Å². The van der Waals surface area contributed by atoms with Crippen molar-refractivity contribution < 1.29 is 4.74 Å². The highest BCUT2D eigenvalue weighted by molar-refractivity contribution is 5.63. The Kier molecular flexibility index (Phi) is 4.77. The van der Waals surface area contributed by atoms with Crippen LogP contribution in [0.2, 0.25) is 0 Å². The average Bonchev–Trinajstić information content (AvgIpc) is 2.79. The SMILES string of the molecule is CC1=CCC=C(OCc2ccc(-c3ccc(C)cc3)cc2)C=C1. The zero-order chi connectivity index (χ0) is 16.1. The van der Waals surface area contributed by atoms with Gasteiger partial charge in [0.25, 0.3) is 0 Å². The Morgan fingerprint density at radius 3 is 2.13 bits per heavy atom. The molecule has 1 heteroatoms. The van der Waals surface area contributed by atoms with Gasteiger partial charge in [-0.3, -0.25) is 0 Å².